The van der Waals surface area contributed by atoms with Gasteiger partial charge in [-0.25, -0.2) is 0 Å². The molecule has 1 rings (SSSR count). The Morgan fingerprint density at radius 3 is 2.52 bits per heavy atom. The van der Waals surface area contributed by atoms with Gasteiger partial charge in [0.05, 0.1) is 6.61 Å². The standard InChI is InChI=1S/C18H32N2O/c1-6-19-18(4,14-21)11-7-8-12-20(5)17-10-9-15(2)13-16(17)3/h9-10,13,19,21H,6-8,11-12,14H2,1-5H3. The molecule has 1 unspecified atom stereocenters. The molecule has 0 aliphatic rings. The summed E-state index contributed by atoms with van der Waals surface area (Å²) >= 11 is 0. The van der Waals surface area contributed by atoms with Gasteiger partial charge in [0.1, 0.15) is 0 Å². The molecule has 0 fully saturated rings. The van der Waals surface area contributed by atoms with Crippen molar-refractivity contribution in [2.45, 2.75) is 52.5 Å². The number of rotatable bonds is 9. The van der Waals surface area contributed by atoms with Crippen molar-refractivity contribution in [3.63, 3.8) is 0 Å². The number of aliphatic hydroxyl groups is 1. The number of aryl methyl sites for hydroxylation is 2. The lowest BCUT2D eigenvalue weighted by molar-refractivity contribution is 0.165. The first-order chi connectivity index (χ1) is 9.91. The minimum absolute atomic E-state index is 0.132. The number of benzene rings is 1. The first-order valence-electron chi connectivity index (χ1n) is 8.06. The molecular formula is C18H32N2O. The highest BCUT2D eigenvalue weighted by molar-refractivity contribution is 5.53. The van der Waals surface area contributed by atoms with Crippen molar-refractivity contribution in [3.8, 4) is 0 Å². The highest BCUT2D eigenvalue weighted by atomic mass is 16.3. The summed E-state index contributed by atoms with van der Waals surface area (Å²) in [5.41, 5.74) is 3.84. The van der Waals surface area contributed by atoms with E-state index in [1.54, 1.807) is 0 Å². The van der Waals surface area contributed by atoms with E-state index >= 15 is 0 Å². The summed E-state index contributed by atoms with van der Waals surface area (Å²) in [7, 11) is 2.16. The van der Waals surface area contributed by atoms with E-state index < -0.39 is 0 Å². The van der Waals surface area contributed by atoms with Gasteiger partial charge in [0.25, 0.3) is 0 Å². The van der Waals surface area contributed by atoms with Gasteiger partial charge in [-0.15, -0.1) is 0 Å². The van der Waals surface area contributed by atoms with Crippen LogP contribution in [0.25, 0.3) is 0 Å². The van der Waals surface area contributed by atoms with Crippen LogP contribution in [0, 0.1) is 13.8 Å². The van der Waals surface area contributed by atoms with Crippen LogP contribution in [0.3, 0.4) is 0 Å². The zero-order valence-electron chi connectivity index (χ0n) is 14.4. The van der Waals surface area contributed by atoms with E-state index in [0.29, 0.717) is 0 Å². The van der Waals surface area contributed by atoms with Gasteiger partial charge in [0.2, 0.25) is 0 Å². The maximum absolute atomic E-state index is 9.49. The third-order valence-electron chi connectivity index (χ3n) is 4.19. The molecule has 1 aromatic carbocycles. The van der Waals surface area contributed by atoms with Gasteiger partial charge in [0.15, 0.2) is 0 Å². The number of unbranched alkanes of at least 4 members (excludes halogenated alkanes) is 1. The number of hydrogen-bond acceptors (Lipinski definition) is 3. The predicted octanol–water partition coefficient (Wildman–Crippen LogP) is 3.27. The number of nitrogens with zero attached hydrogens (tertiary/aromatic N) is 1. The first-order valence-corrected chi connectivity index (χ1v) is 8.06. The van der Waals surface area contributed by atoms with E-state index in [9.17, 15) is 5.11 Å². The van der Waals surface area contributed by atoms with Gasteiger partial charge >= 0.3 is 0 Å². The second kappa shape index (κ2) is 8.40. The van der Waals surface area contributed by atoms with Gasteiger partial charge in [0, 0.05) is 24.8 Å². The predicted molar refractivity (Wildman–Crippen MR) is 92.2 cm³/mol. The summed E-state index contributed by atoms with van der Waals surface area (Å²) in [5, 5.41) is 12.9. The molecule has 1 aromatic rings. The van der Waals surface area contributed by atoms with E-state index in [0.717, 1.165) is 32.4 Å². The largest absolute Gasteiger partial charge is 0.394 e. The van der Waals surface area contributed by atoms with Crippen LogP contribution in [0.1, 0.15) is 44.2 Å². The van der Waals surface area contributed by atoms with Gasteiger partial charge in [-0.2, -0.15) is 0 Å². The Bertz CT molecular complexity index is 433. The minimum atomic E-state index is -0.132. The summed E-state index contributed by atoms with van der Waals surface area (Å²) < 4.78 is 0. The van der Waals surface area contributed by atoms with Crippen LogP contribution in [-0.4, -0.2) is 37.4 Å². The second-order valence-corrected chi connectivity index (χ2v) is 6.42. The average molecular weight is 292 g/mol. The number of anilines is 1. The molecule has 2 N–H and O–H groups in total. The van der Waals surface area contributed by atoms with Gasteiger partial charge in [-0.1, -0.05) is 24.6 Å². The topological polar surface area (TPSA) is 35.5 Å². The van der Waals surface area contributed by atoms with Crippen molar-refractivity contribution in [2.75, 3.05) is 31.6 Å². The van der Waals surface area contributed by atoms with Crippen LogP contribution in [0.15, 0.2) is 18.2 Å². The normalized spacial score (nSPS) is 14.0. The zero-order chi connectivity index (χ0) is 15.9. The summed E-state index contributed by atoms with van der Waals surface area (Å²) in [6.45, 7) is 10.6. The molecule has 3 heteroatoms. The summed E-state index contributed by atoms with van der Waals surface area (Å²) in [5.74, 6) is 0. The molecule has 0 aliphatic heterocycles. The maximum Gasteiger partial charge on any atom is 0.0610 e. The molecule has 0 aliphatic carbocycles. The molecule has 120 valence electrons. The van der Waals surface area contributed by atoms with E-state index in [1.807, 2.05) is 0 Å². The van der Waals surface area contributed by atoms with E-state index in [4.69, 9.17) is 0 Å². The van der Waals surface area contributed by atoms with Crippen LogP contribution < -0.4 is 10.2 Å². The molecule has 3 nitrogen and oxygen atoms in total. The lowest BCUT2D eigenvalue weighted by Gasteiger charge is -2.29. The quantitative estimate of drug-likeness (QED) is 0.686. The average Bonchev–Trinajstić information content (AvgIpc) is 2.43. The van der Waals surface area contributed by atoms with Gasteiger partial charge in [-0.3, -0.25) is 0 Å². The van der Waals surface area contributed by atoms with Crippen molar-refractivity contribution < 1.29 is 5.11 Å². The highest BCUT2D eigenvalue weighted by Gasteiger charge is 2.20. The van der Waals surface area contributed by atoms with Crippen LogP contribution in [0.4, 0.5) is 5.69 Å². The van der Waals surface area contributed by atoms with Crippen molar-refractivity contribution in [1.82, 2.24) is 5.32 Å². The molecule has 0 radical (unpaired) electrons. The van der Waals surface area contributed by atoms with Gasteiger partial charge < -0.3 is 15.3 Å². The number of hydrogen-bond donors (Lipinski definition) is 2. The SMILES string of the molecule is CCNC(C)(CO)CCCCN(C)c1ccc(C)cc1C. The Morgan fingerprint density at radius 1 is 1.24 bits per heavy atom. The molecule has 0 spiro atoms. The van der Waals surface area contributed by atoms with Crippen molar-refractivity contribution in [2.24, 2.45) is 0 Å². The number of aliphatic hydroxyl groups excluding tert-OH is 1. The zero-order valence-corrected chi connectivity index (χ0v) is 14.4. The molecule has 0 saturated heterocycles. The van der Waals surface area contributed by atoms with E-state index in [2.05, 4.69) is 63.2 Å². The van der Waals surface area contributed by atoms with E-state index in [-0.39, 0.29) is 12.1 Å². The fraction of sp³-hybridized carbons (Fsp3) is 0.667. The lowest BCUT2D eigenvalue weighted by Crippen LogP contribution is -2.45. The molecule has 1 atom stereocenters. The lowest BCUT2D eigenvalue weighted by atomic mass is 9.95. The second-order valence-electron chi connectivity index (χ2n) is 6.42. The molecule has 21 heavy (non-hydrogen) atoms. The number of nitrogens with one attached hydrogen (secondary N) is 1. The van der Waals surface area contributed by atoms with Gasteiger partial charge in [-0.05, 0) is 58.2 Å². The third-order valence-corrected chi connectivity index (χ3v) is 4.19. The highest BCUT2D eigenvalue weighted by Crippen LogP contribution is 2.21. The van der Waals surface area contributed by atoms with Crippen LogP contribution in [0.5, 0.6) is 0 Å². The van der Waals surface area contributed by atoms with Crippen LogP contribution in [-0.2, 0) is 0 Å². The molecular weight excluding hydrogens is 260 g/mol. The Kier molecular flexibility index (Phi) is 7.20. The summed E-state index contributed by atoms with van der Waals surface area (Å²) in [4.78, 5) is 2.33. The van der Waals surface area contributed by atoms with Crippen molar-refractivity contribution >= 4 is 5.69 Å². The Hall–Kier alpha value is -1.06. The van der Waals surface area contributed by atoms with Crippen LogP contribution >= 0.6 is 0 Å². The Balaban J connectivity index is 2.41. The maximum atomic E-state index is 9.49. The smallest absolute Gasteiger partial charge is 0.0610 e. The molecule has 0 heterocycles. The fourth-order valence-electron chi connectivity index (χ4n) is 2.87. The monoisotopic (exact) mass is 292 g/mol. The third kappa shape index (κ3) is 5.68. The van der Waals surface area contributed by atoms with E-state index in [1.165, 1.54) is 16.8 Å². The van der Waals surface area contributed by atoms with Crippen LogP contribution in [0.2, 0.25) is 0 Å². The Labute approximate surface area is 130 Å². The summed E-state index contributed by atoms with van der Waals surface area (Å²) in [6.07, 6.45) is 3.28. The fourth-order valence-corrected chi connectivity index (χ4v) is 2.87. The number of likely N-dealkylation sites (N-methyl/N-ethyl adjacent to an activating group) is 1. The first kappa shape index (κ1) is 18.0. The van der Waals surface area contributed by atoms with Crippen molar-refractivity contribution in [3.05, 3.63) is 29.3 Å². The molecule has 0 saturated carbocycles. The van der Waals surface area contributed by atoms with Crippen molar-refractivity contribution in [1.29, 1.82) is 0 Å². The molecule has 0 amide bonds. The molecule has 0 bridgehead atoms. The molecule has 0 aromatic heterocycles. The summed E-state index contributed by atoms with van der Waals surface area (Å²) in [6, 6.07) is 6.62. The Morgan fingerprint density at radius 2 is 1.95 bits per heavy atom. The minimum Gasteiger partial charge on any atom is -0.394 e.